The maximum atomic E-state index is 11.9. The zero-order valence-corrected chi connectivity index (χ0v) is 15.4. The van der Waals surface area contributed by atoms with E-state index in [0.717, 1.165) is 5.56 Å². The number of nitro benzene ring substituents is 1. The van der Waals surface area contributed by atoms with Crippen molar-refractivity contribution in [2.45, 2.75) is 38.9 Å². The summed E-state index contributed by atoms with van der Waals surface area (Å²) in [6.07, 6.45) is -0.523. The first kappa shape index (κ1) is 20.9. The van der Waals surface area contributed by atoms with Gasteiger partial charge in [0, 0.05) is 18.6 Å². The number of esters is 1. The van der Waals surface area contributed by atoms with E-state index in [1.807, 2.05) is 37.3 Å². The van der Waals surface area contributed by atoms with Gasteiger partial charge in [-0.15, -0.1) is 0 Å². The number of hydrogen-bond donors (Lipinski definition) is 0. The fourth-order valence-electron chi connectivity index (χ4n) is 2.33. The highest BCUT2D eigenvalue weighted by Crippen LogP contribution is 2.18. The van der Waals surface area contributed by atoms with Gasteiger partial charge in [-0.05, 0) is 30.5 Å². The van der Waals surface area contributed by atoms with Crippen molar-refractivity contribution >= 4 is 17.8 Å². The molecule has 0 bridgehead atoms. The zero-order chi connectivity index (χ0) is 20.4. The van der Waals surface area contributed by atoms with Crippen LogP contribution in [-0.4, -0.2) is 23.2 Å². The van der Waals surface area contributed by atoms with E-state index in [1.165, 1.54) is 24.3 Å². The first-order valence-electron chi connectivity index (χ1n) is 8.80. The molecule has 148 valence electrons. The first-order chi connectivity index (χ1) is 13.5. The van der Waals surface area contributed by atoms with Crippen LogP contribution in [0, 0.1) is 10.1 Å². The zero-order valence-electron chi connectivity index (χ0n) is 15.4. The summed E-state index contributed by atoms with van der Waals surface area (Å²) in [4.78, 5) is 33.8. The Morgan fingerprint density at radius 3 is 2.36 bits per heavy atom. The van der Waals surface area contributed by atoms with Crippen molar-refractivity contribution in [2.75, 3.05) is 0 Å². The predicted octanol–water partition coefficient (Wildman–Crippen LogP) is 4.41. The molecule has 0 aliphatic carbocycles. The van der Waals surface area contributed by atoms with Crippen LogP contribution in [0.25, 0.3) is 0 Å². The van der Waals surface area contributed by atoms with Gasteiger partial charge in [0.2, 0.25) is 0 Å². The fraction of sp³-hybridized carbons (Fsp3) is 0.300. The Hall–Kier alpha value is -3.42. The summed E-state index contributed by atoms with van der Waals surface area (Å²) >= 11 is 0. The van der Waals surface area contributed by atoms with Crippen molar-refractivity contribution in [3.8, 4) is 5.75 Å². The van der Waals surface area contributed by atoms with Crippen LogP contribution < -0.4 is 4.74 Å². The highest BCUT2D eigenvalue weighted by atomic mass is 16.7. The van der Waals surface area contributed by atoms with Gasteiger partial charge in [-0.2, -0.15) is 0 Å². The third-order valence-corrected chi connectivity index (χ3v) is 3.88. The molecule has 0 spiro atoms. The SMILES string of the molecule is CCC(CCC(=O)OCc1ccccc1)OC(=O)Oc1ccc([N+](=O)[O-])cc1. The second kappa shape index (κ2) is 10.7. The maximum Gasteiger partial charge on any atom is 0.514 e. The number of rotatable bonds is 9. The van der Waals surface area contributed by atoms with E-state index in [0.29, 0.717) is 12.8 Å². The number of nitrogens with zero attached hydrogens (tertiary/aromatic N) is 1. The molecule has 0 aromatic heterocycles. The molecule has 0 amide bonds. The molecule has 0 radical (unpaired) electrons. The summed E-state index contributed by atoms with van der Waals surface area (Å²) in [7, 11) is 0. The largest absolute Gasteiger partial charge is 0.514 e. The number of hydrogen-bond acceptors (Lipinski definition) is 7. The van der Waals surface area contributed by atoms with Gasteiger partial charge in [-0.3, -0.25) is 14.9 Å². The van der Waals surface area contributed by atoms with Crippen LogP contribution >= 0.6 is 0 Å². The molecular formula is C20H21NO7. The lowest BCUT2D eigenvalue weighted by molar-refractivity contribution is -0.384. The van der Waals surface area contributed by atoms with E-state index in [-0.39, 0.29) is 30.4 Å². The van der Waals surface area contributed by atoms with Gasteiger partial charge < -0.3 is 14.2 Å². The molecule has 0 fully saturated rings. The quantitative estimate of drug-likeness (QED) is 0.271. The number of carbonyl (C=O) groups is 2. The second-order valence-electron chi connectivity index (χ2n) is 5.94. The summed E-state index contributed by atoms with van der Waals surface area (Å²) in [5.74, 6) is -0.248. The first-order valence-corrected chi connectivity index (χ1v) is 8.80. The Balaban J connectivity index is 1.74. The van der Waals surface area contributed by atoms with E-state index >= 15 is 0 Å². The van der Waals surface area contributed by atoms with Gasteiger partial charge in [-0.25, -0.2) is 4.79 Å². The Morgan fingerprint density at radius 1 is 1.07 bits per heavy atom. The number of carbonyl (C=O) groups excluding carboxylic acids is 2. The lowest BCUT2D eigenvalue weighted by Gasteiger charge is -2.15. The minimum atomic E-state index is -0.932. The Bertz CT molecular complexity index is 790. The third kappa shape index (κ3) is 7.06. The van der Waals surface area contributed by atoms with Crippen LogP contribution in [0.5, 0.6) is 5.75 Å². The van der Waals surface area contributed by atoms with Gasteiger partial charge in [0.1, 0.15) is 18.5 Å². The monoisotopic (exact) mass is 387 g/mol. The molecule has 0 heterocycles. The predicted molar refractivity (Wildman–Crippen MR) is 99.8 cm³/mol. The van der Waals surface area contributed by atoms with Crippen molar-refractivity contribution in [1.29, 1.82) is 0 Å². The molecular weight excluding hydrogens is 366 g/mol. The van der Waals surface area contributed by atoms with Gasteiger partial charge >= 0.3 is 12.1 Å². The van der Waals surface area contributed by atoms with Crippen LogP contribution in [0.1, 0.15) is 31.7 Å². The molecule has 2 aromatic carbocycles. The van der Waals surface area contributed by atoms with Crippen LogP contribution in [0.2, 0.25) is 0 Å². The molecule has 0 aliphatic rings. The van der Waals surface area contributed by atoms with Gasteiger partial charge in [-0.1, -0.05) is 37.3 Å². The maximum absolute atomic E-state index is 11.9. The molecule has 1 atom stereocenters. The Morgan fingerprint density at radius 2 is 1.75 bits per heavy atom. The number of nitro groups is 1. The number of ether oxygens (including phenoxy) is 3. The summed E-state index contributed by atoms with van der Waals surface area (Å²) in [5.41, 5.74) is 0.784. The minimum absolute atomic E-state index is 0.107. The smallest absolute Gasteiger partial charge is 0.461 e. The van der Waals surface area contributed by atoms with E-state index in [9.17, 15) is 19.7 Å². The van der Waals surface area contributed by atoms with E-state index in [4.69, 9.17) is 14.2 Å². The van der Waals surface area contributed by atoms with Crippen LogP contribution in [-0.2, 0) is 20.9 Å². The summed E-state index contributed by atoms with van der Waals surface area (Å²) in [5, 5.41) is 10.6. The lowest BCUT2D eigenvalue weighted by Crippen LogP contribution is -2.21. The van der Waals surface area contributed by atoms with Gasteiger partial charge in [0.25, 0.3) is 5.69 Å². The Kier molecular flexibility index (Phi) is 7.95. The summed E-state index contributed by atoms with van der Waals surface area (Å²) in [6.45, 7) is 2.01. The molecule has 8 heteroatoms. The van der Waals surface area contributed by atoms with Crippen LogP contribution in [0.4, 0.5) is 10.5 Å². The average Bonchev–Trinajstić information content (AvgIpc) is 2.70. The molecule has 0 saturated heterocycles. The highest BCUT2D eigenvalue weighted by molar-refractivity contribution is 5.69. The lowest BCUT2D eigenvalue weighted by atomic mass is 10.1. The summed E-state index contributed by atoms with van der Waals surface area (Å²) in [6, 6.07) is 14.4. The molecule has 2 aromatic rings. The molecule has 2 rings (SSSR count). The van der Waals surface area contributed by atoms with Gasteiger partial charge in [0.15, 0.2) is 0 Å². The van der Waals surface area contributed by atoms with E-state index < -0.39 is 17.2 Å². The Labute approximate surface area is 162 Å². The van der Waals surface area contributed by atoms with Crippen molar-refractivity contribution < 1.29 is 28.7 Å². The van der Waals surface area contributed by atoms with E-state index in [1.54, 1.807) is 0 Å². The topological polar surface area (TPSA) is 105 Å². The average molecular weight is 387 g/mol. The van der Waals surface area contributed by atoms with Crippen molar-refractivity contribution in [1.82, 2.24) is 0 Å². The molecule has 0 N–H and O–H groups in total. The minimum Gasteiger partial charge on any atom is -0.461 e. The van der Waals surface area contributed by atoms with Crippen molar-refractivity contribution in [3.05, 3.63) is 70.3 Å². The fourth-order valence-corrected chi connectivity index (χ4v) is 2.33. The van der Waals surface area contributed by atoms with Crippen molar-refractivity contribution in [3.63, 3.8) is 0 Å². The van der Waals surface area contributed by atoms with Gasteiger partial charge in [0.05, 0.1) is 4.92 Å². The number of non-ortho nitro benzene ring substituents is 1. The van der Waals surface area contributed by atoms with Crippen molar-refractivity contribution in [2.24, 2.45) is 0 Å². The number of benzene rings is 2. The molecule has 0 aliphatic heterocycles. The molecule has 1 unspecified atom stereocenters. The molecule has 28 heavy (non-hydrogen) atoms. The van der Waals surface area contributed by atoms with Crippen LogP contribution in [0.3, 0.4) is 0 Å². The second-order valence-corrected chi connectivity index (χ2v) is 5.94. The van der Waals surface area contributed by atoms with Crippen LogP contribution in [0.15, 0.2) is 54.6 Å². The molecule has 0 saturated carbocycles. The summed E-state index contributed by atoms with van der Waals surface area (Å²) < 4.78 is 15.4. The normalized spacial score (nSPS) is 11.3. The highest BCUT2D eigenvalue weighted by Gasteiger charge is 2.17. The standard InChI is InChI=1S/C20H21NO7/c1-2-17(12-13-19(22)26-14-15-6-4-3-5-7-15)27-20(23)28-18-10-8-16(9-11-18)21(24)25/h3-11,17H,2,12-14H2,1H3. The molecule has 8 nitrogen and oxygen atoms in total. The van der Waals surface area contributed by atoms with E-state index in [2.05, 4.69) is 0 Å². The third-order valence-electron chi connectivity index (χ3n) is 3.88.